The number of para-hydroxylation sites is 1. The SMILES string of the molecule is COc1cc(-c2n/c(=C\c3c(O)[nH]c4ccc(Cl)cc34)cc3c2=Nc2ccccc2-3)ccc1F. The molecule has 6 rings (SSSR count). The van der Waals surface area contributed by atoms with Gasteiger partial charge in [-0.15, -0.1) is 0 Å². The van der Waals surface area contributed by atoms with E-state index in [0.717, 1.165) is 27.7 Å². The van der Waals surface area contributed by atoms with Crippen LogP contribution in [0.1, 0.15) is 5.56 Å². The molecule has 3 heterocycles. The number of halogens is 2. The number of pyridine rings is 1. The molecule has 0 saturated carbocycles. The summed E-state index contributed by atoms with van der Waals surface area (Å²) in [6.45, 7) is 0. The minimum absolute atomic E-state index is 0.0228. The molecule has 0 fully saturated rings. The topological polar surface area (TPSA) is 70.5 Å². The van der Waals surface area contributed by atoms with Crippen LogP contribution in [0.25, 0.3) is 39.4 Å². The number of nitrogens with zero attached hydrogens (tertiary/aromatic N) is 2. The van der Waals surface area contributed by atoms with E-state index < -0.39 is 5.82 Å². The van der Waals surface area contributed by atoms with Crippen molar-refractivity contribution in [2.75, 3.05) is 7.11 Å². The highest BCUT2D eigenvalue weighted by Crippen LogP contribution is 2.34. The number of benzene rings is 3. The number of aromatic nitrogens is 2. The first-order chi connectivity index (χ1) is 16.5. The van der Waals surface area contributed by atoms with Crippen LogP contribution in [0.2, 0.25) is 5.02 Å². The standard InChI is InChI=1S/C27H17ClFN3O2/c1-34-24-10-14(6-8-21(24)29)25-26-19(17-4-2-3-5-22(17)31-26)12-16(30-25)13-20-18-11-15(28)7-9-23(18)32-27(20)33/h2-13,32-33H,1H3/b16-13-. The van der Waals surface area contributed by atoms with Crippen LogP contribution in [0.4, 0.5) is 10.1 Å². The van der Waals surface area contributed by atoms with Crippen molar-refractivity contribution < 1.29 is 14.2 Å². The summed E-state index contributed by atoms with van der Waals surface area (Å²) in [5.74, 6) is -0.303. The summed E-state index contributed by atoms with van der Waals surface area (Å²) in [4.78, 5) is 12.6. The van der Waals surface area contributed by atoms with Crippen molar-refractivity contribution in [3.05, 3.63) is 93.8 Å². The lowest BCUT2D eigenvalue weighted by Gasteiger charge is -2.07. The average molecular weight is 470 g/mol. The minimum Gasteiger partial charge on any atom is -0.494 e. The minimum atomic E-state index is -0.452. The molecule has 2 N–H and O–H groups in total. The Balaban J connectivity index is 1.66. The van der Waals surface area contributed by atoms with Crippen LogP contribution < -0.4 is 15.4 Å². The van der Waals surface area contributed by atoms with Crippen molar-refractivity contribution in [1.82, 2.24) is 9.97 Å². The lowest BCUT2D eigenvalue weighted by atomic mass is 10.0. The normalized spacial score (nSPS) is 12.5. The van der Waals surface area contributed by atoms with E-state index in [1.807, 2.05) is 36.4 Å². The highest BCUT2D eigenvalue weighted by molar-refractivity contribution is 6.31. The molecule has 34 heavy (non-hydrogen) atoms. The zero-order valence-electron chi connectivity index (χ0n) is 17.9. The van der Waals surface area contributed by atoms with Crippen LogP contribution in [-0.4, -0.2) is 22.2 Å². The van der Waals surface area contributed by atoms with Crippen LogP contribution in [-0.2, 0) is 0 Å². The second-order valence-corrected chi connectivity index (χ2v) is 8.43. The molecule has 0 aliphatic carbocycles. The van der Waals surface area contributed by atoms with Crippen LogP contribution in [0.3, 0.4) is 0 Å². The van der Waals surface area contributed by atoms with Crippen LogP contribution >= 0.6 is 11.6 Å². The zero-order chi connectivity index (χ0) is 23.4. The zero-order valence-corrected chi connectivity index (χ0v) is 18.7. The van der Waals surface area contributed by atoms with E-state index in [1.165, 1.54) is 13.2 Å². The summed E-state index contributed by atoms with van der Waals surface area (Å²) in [5, 5.41) is 13.3. The van der Waals surface area contributed by atoms with Gasteiger partial charge in [0.2, 0.25) is 0 Å². The van der Waals surface area contributed by atoms with Gasteiger partial charge in [-0.25, -0.2) is 14.4 Å². The van der Waals surface area contributed by atoms with E-state index in [9.17, 15) is 9.50 Å². The average Bonchev–Trinajstić information content (AvgIpc) is 3.36. The summed E-state index contributed by atoms with van der Waals surface area (Å²) in [6.07, 6.45) is 1.80. The van der Waals surface area contributed by atoms with Crippen LogP contribution in [0, 0.1) is 5.82 Å². The maximum absolute atomic E-state index is 14.1. The number of hydrogen-bond acceptors (Lipinski definition) is 4. The second-order valence-electron chi connectivity index (χ2n) is 7.99. The fourth-order valence-corrected chi connectivity index (χ4v) is 4.52. The third-order valence-electron chi connectivity index (χ3n) is 5.94. The maximum Gasteiger partial charge on any atom is 0.196 e. The first-order valence-corrected chi connectivity index (χ1v) is 10.9. The van der Waals surface area contributed by atoms with Gasteiger partial charge in [0.15, 0.2) is 17.4 Å². The van der Waals surface area contributed by atoms with E-state index in [0.29, 0.717) is 32.5 Å². The highest BCUT2D eigenvalue weighted by Gasteiger charge is 2.19. The summed E-state index contributed by atoms with van der Waals surface area (Å²) in [7, 11) is 1.43. The number of ether oxygens (including phenoxy) is 1. The smallest absolute Gasteiger partial charge is 0.196 e. The van der Waals surface area contributed by atoms with Gasteiger partial charge in [-0.2, -0.15) is 0 Å². The van der Waals surface area contributed by atoms with Crippen LogP contribution in [0.5, 0.6) is 11.6 Å². The van der Waals surface area contributed by atoms with Crippen molar-refractivity contribution in [2.45, 2.75) is 0 Å². The number of H-pyrrole nitrogens is 1. The lowest BCUT2D eigenvalue weighted by Crippen LogP contribution is -2.19. The number of aromatic hydroxyl groups is 1. The Kier molecular flexibility index (Phi) is 4.64. The fourth-order valence-electron chi connectivity index (χ4n) is 4.34. The fraction of sp³-hybridized carbons (Fsp3) is 0.0370. The first kappa shape index (κ1) is 20.4. The van der Waals surface area contributed by atoms with Crippen molar-refractivity contribution in [1.29, 1.82) is 0 Å². The molecule has 0 amide bonds. The van der Waals surface area contributed by atoms with E-state index in [1.54, 1.807) is 30.3 Å². The molecule has 5 aromatic rings. The number of methoxy groups -OCH3 is 1. The Labute approximate surface area is 198 Å². The van der Waals surface area contributed by atoms with Gasteiger partial charge in [-0.3, -0.25) is 0 Å². The number of fused-ring (bicyclic) bond motifs is 4. The van der Waals surface area contributed by atoms with Gasteiger partial charge in [0.25, 0.3) is 0 Å². The molecule has 0 atom stereocenters. The Morgan fingerprint density at radius 1 is 1.03 bits per heavy atom. The predicted molar refractivity (Wildman–Crippen MR) is 131 cm³/mol. The van der Waals surface area contributed by atoms with Gasteiger partial charge >= 0.3 is 0 Å². The quantitative estimate of drug-likeness (QED) is 0.359. The third-order valence-corrected chi connectivity index (χ3v) is 6.17. The molecule has 166 valence electrons. The van der Waals surface area contributed by atoms with Crippen molar-refractivity contribution in [2.24, 2.45) is 4.99 Å². The lowest BCUT2D eigenvalue weighted by molar-refractivity contribution is 0.387. The van der Waals surface area contributed by atoms with E-state index in [-0.39, 0.29) is 11.6 Å². The second kappa shape index (κ2) is 7.71. The number of aromatic amines is 1. The molecular weight excluding hydrogens is 453 g/mol. The molecule has 0 spiro atoms. The predicted octanol–water partition coefficient (Wildman–Crippen LogP) is 5.50. The van der Waals surface area contributed by atoms with Crippen molar-refractivity contribution in [3.8, 4) is 34.0 Å². The molecular formula is C27H17ClFN3O2. The number of rotatable bonds is 3. The summed E-state index contributed by atoms with van der Waals surface area (Å²) < 4.78 is 19.3. The molecule has 5 nitrogen and oxygen atoms in total. The Hall–Kier alpha value is -4.16. The molecule has 7 heteroatoms. The highest BCUT2D eigenvalue weighted by atomic mass is 35.5. The van der Waals surface area contributed by atoms with Gasteiger partial charge in [0.1, 0.15) is 0 Å². The van der Waals surface area contributed by atoms with E-state index in [4.69, 9.17) is 26.3 Å². The summed E-state index contributed by atoms with van der Waals surface area (Å²) in [6, 6.07) is 19.8. The molecule has 2 aromatic heterocycles. The first-order valence-electron chi connectivity index (χ1n) is 10.6. The van der Waals surface area contributed by atoms with E-state index in [2.05, 4.69) is 4.98 Å². The summed E-state index contributed by atoms with van der Waals surface area (Å²) >= 11 is 6.20. The van der Waals surface area contributed by atoms with E-state index >= 15 is 0 Å². The molecule has 0 unspecified atom stereocenters. The number of hydrogen-bond donors (Lipinski definition) is 2. The largest absolute Gasteiger partial charge is 0.494 e. The summed E-state index contributed by atoms with van der Waals surface area (Å²) in [5.41, 5.74) is 5.34. The van der Waals surface area contributed by atoms with Crippen molar-refractivity contribution >= 4 is 34.3 Å². The molecule has 0 radical (unpaired) electrons. The molecule has 0 bridgehead atoms. The Morgan fingerprint density at radius 2 is 1.88 bits per heavy atom. The maximum atomic E-state index is 14.1. The molecule has 1 aliphatic rings. The van der Waals surface area contributed by atoms with Gasteiger partial charge in [0.05, 0.1) is 29.2 Å². The molecule has 0 saturated heterocycles. The monoisotopic (exact) mass is 469 g/mol. The Bertz CT molecular complexity index is 1740. The molecule has 1 aliphatic heterocycles. The Morgan fingerprint density at radius 3 is 2.74 bits per heavy atom. The van der Waals surface area contributed by atoms with Crippen molar-refractivity contribution in [3.63, 3.8) is 0 Å². The van der Waals surface area contributed by atoms with Gasteiger partial charge in [-0.05, 0) is 54.6 Å². The van der Waals surface area contributed by atoms with Crippen LogP contribution in [0.15, 0.2) is 71.7 Å². The third kappa shape index (κ3) is 3.23. The van der Waals surface area contributed by atoms with Gasteiger partial charge in [-0.1, -0.05) is 29.8 Å². The number of nitrogens with one attached hydrogen (secondary N) is 1. The van der Waals surface area contributed by atoms with Gasteiger partial charge < -0.3 is 14.8 Å². The van der Waals surface area contributed by atoms with Gasteiger partial charge in [0, 0.05) is 38.2 Å². The molecule has 3 aromatic carbocycles.